The van der Waals surface area contributed by atoms with Crippen LogP contribution in [0.2, 0.25) is 0 Å². The summed E-state index contributed by atoms with van der Waals surface area (Å²) in [6, 6.07) is 1.08. The minimum atomic E-state index is 0.322. The average Bonchev–Trinajstić information content (AvgIpc) is 2.30. The van der Waals surface area contributed by atoms with Gasteiger partial charge in [-0.05, 0) is 32.1 Å². The van der Waals surface area contributed by atoms with Crippen LogP contribution < -0.4 is 5.73 Å². The lowest BCUT2D eigenvalue weighted by molar-refractivity contribution is 0.217. The van der Waals surface area contributed by atoms with E-state index in [9.17, 15) is 0 Å². The van der Waals surface area contributed by atoms with Crippen LogP contribution in [0.3, 0.4) is 0 Å². The molecule has 0 amide bonds. The molecule has 1 rings (SSSR count). The third kappa shape index (κ3) is 2.96. The van der Waals surface area contributed by atoms with Crippen molar-refractivity contribution < 1.29 is 0 Å². The third-order valence-corrected chi connectivity index (χ3v) is 3.33. The van der Waals surface area contributed by atoms with Gasteiger partial charge in [0.05, 0.1) is 0 Å². The lowest BCUT2D eigenvalue weighted by Gasteiger charge is -2.26. The van der Waals surface area contributed by atoms with Crippen LogP contribution in [0, 0.1) is 11.8 Å². The normalized spacial score (nSPS) is 34.8. The minimum absolute atomic E-state index is 0.322. The molecular formula is C11H24N2. The van der Waals surface area contributed by atoms with Gasteiger partial charge in [0, 0.05) is 25.2 Å². The van der Waals surface area contributed by atoms with E-state index < -0.39 is 0 Å². The summed E-state index contributed by atoms with van der Waals surface area (Å²) < 4.78 is 0. The van der Waals surface area contributed by atoms with Crippen LogP contribution >= 0.6 is 0 Å². The zero-order valence-corrected chi connectivity index (χ0v) is 9.46. The molecule has 0 radical (unpaired) electrons. The van der Waals surface area contributed by atoms with Gasteiger partial charge in [-0.1, -0.05) is 13.8 Å². The second-order valence-electron chi connectivity index (χ2n) is 4.98. The SMILES string of the molecule is CC1CC(C)N(CC(C)C(C)N)C1. The maximum absolute atomic E-state index is 5.87. The van der Waals surface area contributed by atoms with E-state index in [4.69, 9.17) is 5.73 Å². The molecule has 4 unspecified atom stereocenters. The molecule has 2 heteroatoms. The Morgan fingerprint density at radius 3 is 2.38 bits per heavy atom. The number of nitrogens with two attached hydrogens (primary N) is 1. The molecule has 13 heavy (non-hydrogen) atoms. The predicted molar refractivity (Wildman–Crippen MR) is 57.6 cm³/mol. The van der Waals surface area contributed by atoms with Crippen LogP contribution in [-0.2, 0) is 0 Å². The van der Waals surface area contributed by atoms with Gasteiger partial charge in [0.15, 0.2) is 0 Å². The maximum atomic E-state index is 5.87. The Hall–Kier alpha value is -0.0800. The summed E-state index contributed by atoms with van der Waals surface area (Å²) in [5.41, 5.74) is 5.87. The van der Waals surface area contributed by atoms with Crippen LogP contribution in [0.4, 0.5) is 0 Å². The van der Waals surface area contributed by atoms with Crippen molar-refractivity contribution in [3.63, 3.8) is 0 Å². The molecule has 0 aliphatic carbocycles. The smallest absolute Gasteiger partial charge is 0.00701 e. The van der Waals surface area contributed by atoms with Crippen LogP contribution in [0.5, 0.6) is 0 Å². The van der Waals surface area contributed by atoms with Gasteiger partial charge in [-0.25, -0.2) is 0 Å². The Morgan fingerprint density at radius 2 is 2.00 bits per heavy atom. The summed E-state index contributed by atoms with van der Waals surface area (Å²) in [5, 5.41) is 0. The lowest BCUT2D eigenvalue weighted by atomic mass is 10.0. The van der Waals surface area contributed by atoms with Crippen LogP contribution in [0.1, 0.15) is 34.1 Å². The van der Waals surface area contributed by atoms with Crippen molar-refractivity contribution in [1.29, 1.82) is 0 Å². The first-order chi connectivity index (χ1) is 6.00. The van der Waals surface area contributed by atoms with Gasteiger partial charge in [0.1, 0.15) is 0 Å². The Morgan fingerprint density at radius 1 is 1.38 bits per heavy atom. The molecule has 0 spiro atoms. The molecule has 0 saturated carbocycles. The van der Waals surface area contributed by atoms with Crippen molar-refractivity contribution in [2.24, 2.45) is 17.6 Å². The molecule has 0 bridgehead atoms. The van der Waals surface area contributed by atoms with Gasteiger partial charge in [-0.2, -0.15) is 0 Å². The molecule has 0 aromatic carbocycles. The van der Waals surface area contributed by atoms with E-state index in [0.29, 0.717) is 12.0 Å². The molecule has 4 atom stereocenters. The Kier molecular flexibility index (Phi) is 3.74. The second kappa shape index (κ2) is 4.43. The van der Waals surface area contributed by atoms with Gasteiger partial charge < -0.3 is 10.6 Å². The monoisotopic (exact) mass is 184 g/mol. The third-order valence-electron chi connectivity index (χ3n) is 3.33. The highest BCUT2D eigenvalue weighted by atomic mass is 15.2. The van der Waals surface area contributed by atoms with E-state index in [1.54, 1.807) is 0 Å². The topological polar surface area (TPSA) is 29.3 Å². The highest BCUT2D eigenvalue weighted by Gasteiger charge is 2.27. The van der Waals surface area contributed by atoms with Crippen molar-refractivity contribution in [2.45, 2.75) is 46.2 Å². The summed E-state index contributed by atoms with van der Waals surface area (Å²) in [6.07, 6.45) is 1.35. The fourth-order valence-corrected chi connectivity index (χ4v) is 2.18. The quantitative estimate of drug-likeness (QED) is 0.723. The molecule has 0 aromatic rings. The zero-order chi connectivity index (χ0) is 10.0. The molecule has 2 nitrogen and oxygen atoms in total. The molecule has 78 valence electrons. The van der Waals surface area contributed by atoms with Crippen molar-refractivity contribution in [3.05, 3.63) is 0 Å². The highest BCUT2D eigenvalue weighted by Crippen LogP contribution is 2.23. The number of rotatable bonds is 3. The van der Waals surface area contributed by atoms with Gasteiger partial charge in [-0.3, -0.25) is 0 Å². The summed E-state index contributed by atoms with van der Waals surface area (Å²) >= 11 is 0. The minimum Gasteiger partial charge on any atom is -0.328 e. The standard InChI is InChI=1S/C11H24N2/c1-8-5-10(3)13(6-8)7-9(2)11(4)12/h8-11H,5-7,12H2,1-4H3. The molecule has 1 heterocycles. The zero-order valence-electron chi connectivity index (χ0n) is 9.46. The summed E-state index contributed by atoms with van der Waals surface area (Å²) in [7, 11) is 0. The fraction of sp³-hybridized carbons (Fsp3) is 1.00. The van der Waals surface area contributed by atoms with E-state index in [0.717, 1.165) is 12.0 Å². The average molecular weight is 184 g/mol. The van der Waals surface area contributed by atoms with E-state index in [2.05, 4.69) is 32.6 Å². The van der Waals surface area contributed by atoms with Gasteiger partial charge in [0.2, 0.25) is 0 Å². The molecule has 1 saturated heterocycles. The van der Waals surface area contributed by atoms with Gasteiger partial charge in [-0.15, -0.1) is 0 Å². The number of hydrogen-bond acceptors (Lipinski definition) is 2. The van der Waals surface area contributed by atoms with Crippen LogP contribution in [0.25, 0.3) is 0 Å². The Bertz CT molecular complexity index is 156. The Balaban J connectivity index is 2.36. The van der Waals surface area contributed by atoms with Crippen molar-refractivity contribution in [3.8, 4) is 0 Å². The van der Waals surface area contributed by atoms with Crippen LogP contribution in [-0.4, -0.2) is 30.1 Å². The van der Waals surface area contributed by atoms with E-state index in [1.165, 1.54) is 19.5 Å². The molecule has 2 N–H and O–H groups in total. The second-order valence-corrected chi connectivity index (χ2v) is 4.98. The summed E-state index contributed by atoms with van der Waals surface area (Å²) in [6.45, 7) is 11.5. The fourth-order valence-electron chi connectivity index (χ4n) is 2.18. The lowest BCUT2D eigenvalue weighted by Crippen LogP contribution is -2.38. The summed E-state index contributed by atoms with van der Waals surface area (Å²) in [5.74, 6) is 1.49. The number of likely N-dealkylation sites (tertiary alicyclic amines) is 1. The van der Waals surface area contributed by atoms with E-state index in [-0.39, 0.29) is 0 Å². The van der Waals surface area contributed by atoms with E-state index >= 15 is 0 Å². The molecule has 1 aliphatic heterocycles. The van der Waals surface area contributed by atoms with Crippen molar-refractivity contribution >= 4 is 0 Å². The first-order valence-electron chi connectivity index (χ1n) is 5.50. The maximum Gasteiger partial charge on any atom is 0.00701 e. The molecular weight excluding hydrogens is 160 g/mol. The first kappa shape index (κ1) is 11.0. The van der Waals surface area contributed by atoms with Crippen molar-refractivity contribution in [2.75, 3.05) is 13.1 Å². The van der Waals surface area contributed by atoms with Crippen LogP contribution in [0.15, 0.2) is 0 Å². The van der Waals surface area contributed by atoms with Gasteiger partial charge in [0.25, 0.3) is 0 Å². The summed E-state index contributed by atoms with van der Waals surface area (Å²) in [4.78, 5) is 2.58. The van der Waals surface area contributed by atoms with E-state index in [1.807, 2.05) is 0 Å². The largest absolute Gasteiger partial charge is 0.328 e. The number of nitrogens with zero attached hydrogens (tertiary/aromatic N) is 1. The molecule has 1 fully saturated rings. The van der Waals surface area contributed by atoms with Crippen molar-refractivity contribution in [1.82, 2.24) is 4.90 Å². The van der Waals surface area contributed by atoms with Gasteiger partial charge >= 0.3 is 0 Å². The first-order valence-corrected chi connectivity index (χ1v) is 5.50. The molecule has 1 aliphatic rings. The Labute approximate surface area is 82.5 Å². The molecule has 0 aromatic heterocycles. The number of hydrogen-bond donors (Lipinski definition) is 1. The predicted octanol–water partition coefficient (Wildman–Crippen LogP) is 1.70. The highest BCUT2D eigenvalue weighted by molar-refractivity contribution is 4.82.